The molecule has 1 nitrogen and oxygen atoms in total. The summed E-state index contributed by atoms with van der Waals surface area (Å²) >= 11 is 0. The van der Waals surface area contributed by atoms with E-state index in [2.05, 4.69) is 69.0 Å². The third-order valence-corrected chi connectivity index (χ3v) is 3.45. The molecule has 0 heterocycles. The van der Waals surface area contributed by atoms with Crippen LogP contribution in [-0.2, 0) is 4.79 Å². The van der Waals surface area contributed by atoms with Crippen LogP contribution in [0.2, 0.25) is 0 Å². The molecule has 2 rings (SSSR count). The van der Waals surface area contributed by atoms with Crippen molar-refractivity contribution >= 4 is 11.4 Å². The first kappa shape index (κ1) is 15.7. The third-order valence-electron chi connectivity index (χ3n) is 3.45. The van der Waals surface area contributed by atoms with Crippen molar-refractivity contribution in [3.63, 3.8) is 0 Å². The normalized spacial score (nSPS) is 10.5. The highest BCUT2D eigenvalue weighted by Gasteiger charge is 2.04. The minimum absolute atomic E-state index is 0.0941. The van der Waals surface area contributed by atoms with E-state index in [1.807, 2.05) is 6.08 Å². The van der Waals surface area contributed by atoms with Crippen LogP contribution in [-0.4, -0.2) is 5.78 Å². The maximum absolute atomic E-state index is 11.3. The number of rotatable bonds is 5. The van der Waals surface area contributed by atoms with E-state index in [4.69, 9.17) is 0 Å². The molecule has 0 aliphatic heterocycles. The van der Waals surface area contributed by atoms with E-state index in [0.717, 1.165) is 16.7 Å². The van der Waals surface area contributed by atoms with Gasteiger partial charge in [0, 0.05) is 0 Å². The van der Waals surface area contributed by atoms with Gasteiger partial charge in [-0.05, 0) is 42.7 Å². The van der Waals surface area contributed by atoms with Crippen LogP contribution in [0.3, 0.4) is 0 Å². The summed E-state index contributed by atoms with van der Waals surface area (Å²) in [5.41, 5.74) is 5.80. The molecule has 22 heavy (non-hydrogen) atoms. The molecule has 0 N–H and O–H groups in total. The molecule has 0 aromatic heterocycles. The lowest BCUT2D eigenvalue weighted by molar-refractivity contribution is -0.110. The van der Waals surface area contributed by atoms with Crippen LogP contribution in [0.1, 0.15) is 22.3 Å². The van der Waals surface area contributed by atoms with E-state index < -0.39 is 0 Å². The van der Waals surface area contributed by atoms with E-state index in [9.17, 15) is 4.79 Å². The van der Waals surface area contributed by atoms with E-state index in [-0.39, 0.29) is 5.78 Å². The zero-order valence-corrected chi connectivity index (χ0v) is 13.0. The number of aryl methyl sites for hydroxylation is 2. The molecule has 2 aromatic rings. The lowest BCUT2D eigenvalue weighted by Gasteiger charge is -2.09. The standard InChI is InChI=1S/C21H20O/c1-4-20(22)6-5-7-21(18-12-8-16(2)9-13-18)19-14-10-17(3)11-15-19/h4-15H,1H2,2-3H3. The minimum atomic E-state index is -0.0941. The smallest absolute Gasteiger partial charge is 0.178 e. The average molecular weight is 288 g/mol. The van der Waals surface area contributed by atoms with Gasteiger partial charge in [0.05, 0.1) is 0 Å². The minimum Gasteiger partial charge on any atom is -0.290 e. The van der Waals surface area contributed by atoms with Gasteiger partial charge in [0.15, 0.2) is 5.78 Å². The van der Waals surface area contributed by atoms with Crippen LogP contribution in [0.4, 0.5) is 0 Å². The van der Waals surface area contributed by atoms with Crippen molar-refractivity contribution in [3.8, 4) is 0 Å². The number of allylic oxidation sites excluding steroid dienone is 4. The van der Waals surface area contributed by atoms with Crippen molar-refractivity contribution in [2.24, 2.45) is 0 Å². The van der Waals surface area contributed by atoms with Gasteiger partial charge in [-0.15, -0.1) is 0 Å². The molecule has 0 unspecified atom stereocenters. The maximum Gasteiger partial charge on any atom is 0.178 e. The van der Waals surface area contributed by atoms with Crippen LogP contribution < -0.4 is 0 Å². The summed E-state index contributed by atoms with van der Waals surface area (Å²) in [5, 5.41) is 0. The Bertz CT molecular complexity index is 666. The summed E-state index contributed by atoms with van der Waals surface area (Å²) in [5.74, 6) is -0.0941. The molecule has 0 atom stereocenters. The van der Waals surface area contributed by atoms with Gasteiger partial charge in [0.1, 0.15) is 0 Å². The van der Waals surface area contributed by atoms with Gasteiger partial charge in [-0.1, -0.05) is 78.4 Å². The second-order valence-electron chi connectivity index (χ2n) is 5.28. The Hall–Kier alpha value is -2.67. The van der Waals surface area contributed by atoms with E-state index >= 15 is 0 Å². The summed E-state index contributed by atoms with van der Waals surface area (Å²) in [6.07, 6.45) is 6.58. The molecule has 0 bridgehead atoms. The summed E-state index contributed by atoms with van der Waals surface area (Å²) in [6.45, 7) is 7.61. The van der Waals surface area contributed by atoms with Gasteiger partial charge in [0.2, 0.25) is 0 Å². The maximum atomic E-state index is 11.3. The molecule has 2 aromatic carbocycles. The van der Waals surface area contributed by atoms with Gasteiger partial charge in [-0.2, -0.15) is 0 Å². The van der Waals surface area contributed by atoms with Gasteiger partial charge in [0.25, 0.3) is 0 Å². The van der Waals surface area contributed by atoms with Gasteiger partial charge < -0.3 is 0 Å². The first-order valence-corrected chi connectivity index (χ1v) is 7.29. The van der Waals surface area contributed by atoms with E-state index in [1.54, 1.807) is 6.08 Å². The Balaban J connectivity index is 2.44. The lowest BCUT2D eigenvalue weighted by Crippen LogP contribution is -1.89. The Labute approximate surface area is 132 Å². The first-order chi connectivity index (χ1) is 10.6. The molecule has 0 aliphatic carbocycles. The Kier molecular flexibility index (Phi) is 5.26. The molecule has 0 fully saturated rings. The molecule has 110 valence electrons. The van der Waals surface area contributed by atoms with E-state index in [1.165, 1.54) is 23.3 Å². The summed E-state index contributed by atoms with van der Waals surface area (Å²) in [6, 6.07) is 16.8. The second kappa shape index (κ2) is 7.37. The van der Waals surface area contributed by atoms with Crippen molar-refractivity contribution in [1.82, 2.24) is 0 Å². The largest absolute Gasteiger partial charge is 0.290 e. The van der Waals surface area contributed by atoms with E-state index in [0.29, 0.717) is 0 Å². The topological polar surface area (TPSA) is 17.1 Å². The molecule has 0 saturated carbocycles. The third kappa shape index (κ3) is 4.16. The van der Waals surface area contributed by atoms with Crippen molar-refractivity contribution in [2.45, 2.75) is 13.8 Å². The molecule has 0 aliphatic rings. The number of ketones is 1. The highest BCUT2D eigenvalue weighted by atomic mass is 16.1. The summed E-state index contributed by atoms with van der Waals surface area (Å²) < 4.78 is 0. The quantitative estimate of drug-likeness (QED) is 0.556. The number of hydrogen-bond donors (Lipinski definition) is 0. The van der Waals surface area contributed by atoms with Gasteiger partial charge >= 0.3 is 0 Å². The molecular formula is C21H20O. The zero-order chi connectivity index (χ0) is 15.9. The number of benzene rings is 2. The van der Waals surface area contributed by atoms with Gasteiger partial charge in [-0.3, -0.25) is 4.79 Å². The molecule has 1 heteroatoms. The van der Waals surface area contributed by atoms with Crippen molar-refractivity contribution in [1.29, 1.82) is 0 Å². The Morgan fingerprint density at radius 1 is 0.864 bits per heavy atom. The fourth-order valence-corrected chi connectivity index (χ4v) is 2.13. The van der Waals surface area contributed by atoms with Crippen LogP contribution in [0, 0.1) is 13.8 Å². The SMILES string of the molecule is C=CC(=O)C=CC=C(c1ccc(C)cc1)c1ccc(C)cc1. The Morgan fingerprint density at radius 3 is 1.73 bits per heavy atom. The highest BCUT2D eigenvalue weighted by Crippen LogP contribution is 2.24. The average Bonchev–Trinajstić information content (AvgIpc) is 2.53. The van der Waals surface area contributed by atoms with Crippen LogP contribution in [0.5, 0.6) is 0 Å². The van der Waals surface area contributed by atoms with Crippen molar-refractivity contribution < 1.29 is 4.79 Å². The first-order valence-electron chi connectivity index (χ1n) is 7.29. The monoisotopic (exact) mass is 288 g/mol. The zero-order valence-electron chi connectivity index (χ0n) is 13.0. The van der Waals surface area contributed by atoms with Gasteiger partial charge in [-0.25, -0.2) is 0 Å². The fourth-order valence-electron chi connectivity index (χ4n) is 2.13. The van der Waals surface area contributed by atoms with Crippen LogP contribution in [0.15, 0.2) is 79.4 Å². The van der Waals surface area contributed by atoms with Crippen LogP contribution in [0.25, 0.3) is 5.57 Å². The van der Waals surface area contributed by atoms with Crippen molar-refractivity contribution in [2.75, 3.05) is 0 Å². The fraction of sp³-hybridized carbons (Fsp3) is 0.0952. The van der Waals surface area contributed by atoms with Crippen LogP contribution >= 0.6 is 0 Å². The molecular weight excluding hydrogens is 268 g/mol. The lowest BCUT2D eigenvalue weighted by atomic mass is 9.96. The summed E-state index contributed by atoms with van der Waals surface area (Å²) in [4.78, 5) is 11.3. The predicted octanol–water partition coefficient (Wildman–Crippen LogP) is 5.05. The molecule has 0 amide bonds. The number of carbonyl (C=O) groups is 1. The Morgan fingerprint density at radius 2 is 1.32 bits per heavy atom. The molecule has 0 saturated heterocycles. The number of hydrogen-bond acceptors (Lipinski definition) is 1. The summed E-state index contributed by atoms with van der Waals surface area (Å²) in [7, 11) is 0. The van der Waals surface area contributed by atoms with Crippen molar-refractivity contribution in [3.05, 3.63) is 102 Å². The molecule has 0 radical (unpaired) electrons. The second-order valence-corrected chi connectivity index (χ2v) is 5.28. The number of carbonyl (C=O) groups excluding carboxylic acids is 1. The molecule has 0 spiro atoms. The highest BCUT2D eigenvalue weighted by molar-refractivity contribution is 5.99. The predicted molar refractivity (Wildman–Crippen MR) is 93.8 cm³/mol.